The summed E-state index contributed by atoms with van der Waals surface area (Å²) < 4.78 is 6.65. The molecule has 2 N–H and O–H groups in total. The molecule has 0 saturated heterocycles. The van der Waals surface area contributed by atoms with E-state index in [1.807, 2.05) is 38.1 Å². The number of hydrogen-bond acceptors (Lipinski definition) is 3. The number of aryl methyl sites for hydroxylation is 2. The van der Waals surface area contributed by atoms with E-state index in [0.29, 0.717) is 17.3 Å². The van der Waals surface area contributed by atoms with Crippen molar-refractivity contribution in [3.63, 3.8) is 0 Å². The fourth-order valence-electron chi connectivity index (χ4n) is 1.47. The molecule has 0 fully saturated rings. The molecule has 0 unspecified atom stereocenters. The van der Waals surface area contributed by atoms with Crippen molar-refractivity contribution in [3.8, 4) is 11.6 Å². The van der Waals surface area contributed by atoms with Crippen molar-refractivity contribution in [2.24, 2.45) is 0 Å². The average Bonchev–Trinajstić information content (AvgIpc) is 2.27. The van der Waals surface area contributed by atoms with Crippen LogP contribution in [-0.2, 0) is 0 Å². The van der Waals surface area contributed by atoms with Gasteiger partial charge in [0, 0.05) is 16.2 Å². The lowest BCUT2D eigenvalue weighted by molar-refractivity contribution is 0.460. The maximum atomic E-state index is 5.86. The topological polar surface area (TPSA) is 48.1 Å². The lowest BCUT2D eigenvalue weighted by atomic mass is 10.2. The number of ether oxygens (including phenoxy) is 1. The van der Waals surface area contributed by atoms with Crippen LogP contribution in [0.15, 0.2) is 34.9 Å². The molecule has 0 aliphatic carbocycles. The van der Waals surface area contributed by atoms with Gasteiger partial charge in [-0.2, -0.15) is 0 Å². The van der Waals surface area contributed by atoms with Crippen LogP contribution in [0.25, 0.3) is 0 Å². The molecule has 3 nitrogen and oxygen atoms in total. The van der Waals surface area contributed by atoms with Crippen LogP contribution in [0.4, 0.5) is 5.69 Å². The van der Waals surface area contributed by atoms with Crippen LogP contribution in [0.3, 0.4) is 0 Å². The normalized spacial score (nSPS) is 10.3. The van der Waals surface area contributed by atoms with Gasteiger partial charge < -0.3 is 10.5 Å². The lowest BCUT2D eigenvalue weighted by Crippen LogP contribution is -1.95. The van der Waals surface area contributed by atoms with Gasteiger partial charge in [-0.15, -0.1) is 0 Å². The van der Waals surface area contributed by atoms with Gasteiger partial charge in [-0.1, -0.05) is 6.07 Å². The monoisotopic (exact) mass is 292 g/mol. The van der Waals surface area contributed by atoms with E-state index in [2.05, 4.69) is 20.9 Å². The fraction of sp³-hybridized carbons (Fsp3) is 0.154. The number of nitrogen functional groups attached to an aromatic ring is 1. The molecule has 1 heterocycles. The van der Waals surface area contributed by atoms with Crippen LogP contribution in [-0.4, -0.2) is 4.98 Å². The smallest absolute Gasteiger partial charge is 0.222 e. The molecule has 2 rings (SSSR count). The molecule has 0 aliphatic heterocycles. The van der Waals surface area contributed by atoms with E-state index in [1.54, 1.807) is 6.20 Å². The molecule has 88 valence electrons. The third-order valence-corrected chi connectivity index (χ3v) is 2.81. The van der Waals surface area contributed by atoms with Crippen LogP contribution in [0.1, 0.15) is 11.1 Å². The first kappa shape index (κ1) is 11.9. The zero-order valence-corrected chi connectivity index (χ0v) is 11.3. The van der Waals surface area contributed by atoms with Crippen LogP contribution >= 0.6 is 15.9 Å². The number of anilines is 1. The predicted octanol–water partition coefficient (Wildman–Crippen LogP) is 3.84. The second kappa shape index (κ2) is 4.75. The summed E-state index contributed by atoms with van der Waals surface area (Å²) in [6.07, 6.45) is 1.70. The third-order valence-electron chi connectivity index (χ3n) is 2.37. The summed E-state index contributed by atoms with van der Waals surface area (Å²) in [6.45, 7) is 3.94. The van der Waals surface area contributed by atoms with Crippen molar-refractivity contribution < 1.29 is 4.74 Å². The lowest BCUT2D eigenvalue weighted by Gasteiger charge is -2.10. The maximum Gasteiger partial charge on any atom is 0.222 e. The molecule has 2 aromatic rings. The van der Waals surface area contributed by atoms with Crippen molar-refractivity contribution in [2.75, 3.05) is 5.73 Å². The molecule has 17 heavy (non-hydrogen) atoms. The molecule has 1 aromatic heterocycles. The van der Waals surface area contributed by atoms with Gasteiger partial charge in [0.1, 0.15) is 0 Å². The van der Waals surface area contributed by atoms with E-state index in [0.717, 1.165) is 15.6 Å². The minimum atomic E-state index is 0.575. The van der Waals surface area contributed by atoms with Crippen LogP contribution in [0, 0.1) is 13.8 Å². The largest absolute Gasteiger partial charge is 0.437 e. The van der Waals surface area contributed by atoms with Crippen molar-refractivity contribution >= 4 is 21.6 Å². The number of aromatic nitrogens is 1. The Balaban J connectivity index is 2.34. The molecule has 4 heteroatoms. The predicted molar refractivity (Wildman–Crippen MR) is 72.3 cm³/mol. The molecule has 0 atom stereocenters. The highest BCUT2D eigenvalue weighted by Gasteiger charge is 2.06. The SMILES string of the molecule is Cc1ccc(N)c(Oc2ncc(Br)cc2C)c1. The van der Waals surface area contributed by atoms with E-state index < -0.39 is 0 Å². The number of hydrogen-bond donors (Lipinski definition) is 1. The van der Waals surface area contributed by atoms with E-state index in [1.165, 1.54) is 0 Å². The van der Waals surface area contributed by atoms with E-state index in [4.69, 9.17) is 10.5 Å². The number of benzene rings is 1. The Kier molecular flexibility index (Phi) is 3.33. The van der Waals surface area contributed by atoms with Gasteiger partial charge in [-0.05, 0) is 53.5 Å². The molecular weight excluding hydrogens is 280 g/mol. The summed E-state index contributed by atoms with van der Waals surface area (Å²) in [5.74, 6) is 1.22. The molecule has 0 spiro atoms. The standard InChI is InChI=1S/C13H13BrN2O/c1-8-3-4-11(15)12(5-8)17-13-9(2)6-10(14)7-16-13/h3-7H,15H2,1-2H3. The van der Waals surface area contributed by atoms with Gasteiger partial charge in [0.15, 0.2) is 5.75 Å². The first-order valence-corrected chi connectivity index (χ1v) is 6.01. The Hall–Kier alpha value is -1.55. The summed E-state index contributed by atoms with van der Waals surface area (Å²) in [5.41, 5.74) is 8.53. The van der Waals surface area contributed by atoms with Crippen LogP contribution in [0.2, 0.25) is 0 Å². The fourth-order valence-corrected chi connectivity index (χ4v) is 1.91. The first-order chi connectivity index (χ1) is 8.06. The Bertz CT molecular complexity index is 555. The van der Waals surface area contributed by atoms with Crippen molar-refractivity contribution in [1.82, 2.24) is 4.98 Å². The molecular formula is C13H13BrN2O. The Labute approximate surface area is 109 Å². The summed E-state index contributed by atoms with van der Waals surface area (Å²) in [6, 6.07) is 7.63. The zero-order valence-electron chi connectivity index (χ0n) is 9.70. The number of nitrogens with zero attached hydrogens (tertiary/aromatic N) is 1. The average molecular weight is 293 g/mol. The van der Waals surface area contributed by atoms with Crippen molar-refractivity contribution in [1.29, 1.82) is 0 Å². The van der Waals surface area contributed by atoms with E-state index in [9.17, 15) is 0 Å². The van der Waals surface area contributed by atoms with Crippen molar-refractivity contribution in [3.05, 3.63) is 46.1 Å². The number of halogens is 1. The van der Waals surface area contributed by atoms with Crippen LogP contribution < -0.4 is 10.5 Å². The molecule has 0 bridgehead atoms. The highest BCUT2D eigenvalue weighted by atomic mass is 79.9. The first-order valence-electron chi connectivity index (χ1n) is 5.22. The third kappa shape index (κ3) is 2.77. The van der Waals surface area contributed by atoms with E-state index in [-0.39, 0.29) is 0 Å². The molecule has 0 amide bonds. The number of rotatable bonds is 2. The molecule has 0 saturated carbocycles. The minimum absolute atomic E-state index is 0.575. The van der Waals surface area contributed by atoms with Gasteiger partial charge >= 0.3 is 0 Å². The Morgan fingerprint density at radius 3 is 2.71 bits per heavy atom. The van der Waals surface area contributed by atoms with Gasteiger partial charge in [-0.3, -0.25) is 0 Å². The summed E-state index contributed by atoms with van der Waals surface area (Å²) in [5, 5.41) is 0. The Morgan fingerprint density at radius 2 is 2.00 bits per heavy atom. The van der Waals surface area contributed by atoms with Gasteiger partial charge in [0.25, 0.3) is 0 Å². The molecule has 1 aromatic carbocycles. The zero-order chi connectivity index (χ0) is 12.4. The van der Waals surface area contributed by atoms with Crippen molar-refractivity contribution in [2.45, 2.75) is 13.8 Å². The maximum absolute atomic E-state index is 5.86. The summed E-state index contributed by atoms with van der Waals surface area (Å²) in [4.78, 5) is 4.22. The highest BCUT2D eigenvalue weighted by molar-refractivity contribution is 9.10. The molecule has 0 aliphatic rings. The summed E-state index contributed by atoms with van der Waals surface area (Å²) >= 11 is 3.37. The second-order valence-corrected chi connectivity index (χ2v) is 4.83. The summed E-state index contributed by atoms with van der Waals surface area (Å²) in [7, 11) is 0. The van der Waals surface area contributed by atoms with Crippen LogP contribution in [0.5, 0.6) is 11.6 Å². The van der Waals surface area contributed by atoms with E-state index >= 15 is 0 Å². The van der Waals surface area contributed by atoms with Gasteiger partial charge in [0.2, 0.25) is 5.88 Å². The van der Waals surface area contributed by atoms with Gasteiger partial charge in [0.05, 0.1) is 5.69 Å². The highest BCUT2D eigenvalue weighted by Crippen LogP contribution is 2.29. The quantitative estimate of drug-likeness (QED) is 0.856. The number of nitrogens with two attached hydrogens (primary N) is 1. The minimum Gasteiger partial charge on any atom is -0.437 e. The Morgan fingerprint density at radius 1 is 1.24 bits per heavy atom. The van der Waals surface area contributed by atoms with Gasteiger partial charge in [-0.25, -0.2) is 4.98 Å². The second-order valence-electron chi connectivity index (χ2n) is 3.92. The molecule has 0 radical (unpaired) electrons. The number of pyridine rings is 1.